The molecule has 0 saturated carbocycles. The van der Waals surface area contributed by atoms with E-state index in [0.29, 0.717) is 12.2 Å². The summed E-state index contributed by atoms with van der Waals surface area (Å²) in [5.41, 5.74) is 2.81. The van der Waals surface area contributed by atoms with Crippen LogP contribution in [0.1, 0.15) is 40.9 Å². The summed E-state index contributed by atoms with van der Waals surface area (Å²) in [6.07, 6.45) is 1.81. The largest absolute Gasteiger partial charge is 0.481 e. The van der Waals surface area contributed by atoms with E-state index in [1.165, 1.54) is 18.2 Å². The second-order valence-electron chi connectivity index (χ2n) is 8.57. The Hall–Kier alpha value is -3.46. The second-order valence-corrected chi connectivity index (χ2v) is 8.57. The molecule has 2 aromatic rings. The molecule has 2 N–H and O–H groups in total. The fourth-order valence-electron chi connectivity index (χ4n) is 4.42. The van der Waals surface area contributed by atoms with Crippen LogP contribution < -0.4 is 10.2 Å². The monoisotopic (exact) mass is 468 g/mol. The molecule has 1 fully saturated rings. The molecule has 4 rings (SSSR count). The molecule has 0 unspecified atom stereocenters. The number of methoxy groups -OCH3 is 1. The number of anilines is 1. The Balaban J connectivity index is 0.000000751. The van der Waals surface area contributed by atoms with E-state index in [4.69, 9.17) is 14.6 Å². The number of likely N-dealkylation sites (tertiary alicyclic amines) is 1. The first-order valence-electron chi connectivity index (χ1n) is 11.3. The molecule has 1 amide bonds. The summed E-state index contributed by atoms with van der Waals surface area (Å²) in [4.78, 5) is 42.6. The fourth-order valence-corrected chi connectivity index (χ4v) is 4.42. The van der Waals surface area contributed by atoms with Crippen molar-refractivity contribution in [2.24, 2.45) is 0 Å². The Morgan fingerprint density at radius 3 is 2.53 bits per heavy atom. The Labute approximate surface area is 199 Å². The van der Waals surface area contributed by atoms with E-state index < -0.39 is 5.97 Å². The fraction of sp³-hybridized carbons (Fsp3) is 0.440. The molecule has 2 atom stereocenters. The van der Waals surface area contributed by atoms with Gasteiger partial charge >= 0.3 is 5.97 Å². The number of amides is 1. The lowest BCUT2D eigenvalue weighted by molar-refractivity contribution is -0.142. The van der Waals surface area contributed by atoms with E-state index in [-0.39, 0.29) is 30.4 Å². The molecule has 0 spiro atoms. The molecule has 1 saturated heterocycles. The number of pyridine rings is 1. The van der Waals surface area contributed by atoms with Crippen LogP contribution in [0.4, 0.5) is 5.82 Å². The average molecular weight is 469 g/mol. The van der Waals surface area contributed by atoms with Gasteiger partial charge in [-0.2, -0.15) is 0 Å². The maximum Gasteiger partial charge on any atom is 0.319 e. The van der Waals surface area contributed by atoms with Crippen LogP contribution in [-0.4, -0.2) is 79.2 Å². The third kappa shape index (κ3) is 6.54. The van der Waals surface area contributed by atoms with Gasteiger partial charge < -0.3 is 20.1 Å². The lowest BCUT2D eigenvalue weighted by Crippen LogP contribution is -2.52. The standard InChI is InChI=1S/C23H28N4O3.C2H4O2/c1-26-12-10-17-8-9-19(24-22(17)26)23(29)25-20-14-27(15-21(28)30-2)13-11-18(20)16-6-4-3-5-7-16;1-2(3)4/h3-9,18,20H,10-15H2,1-2H3,(H,25,29);1H3,(H,3,4)/t18-,20+;/m0./s1. The number of carbonyl (C=O) groups excluding carboxylic acids is 2. The van der Waals surface area contributed by atoms with Gasteiger partial charge in [0.15, 0.2) is 0 Å². The Bertz CT molecular complexity index is 1010. The molecule has 2 aliphatic heterocycles. The van der Waals surface area contributed by atoms with Crippen LogP contribution in [0, 0.1) is 0 Å². The number of hydrogen-bond acceptors (Lipinski definition) is 7. The van der Waals surface area contributed by atoms with E-state index in [9.17, 15) is 9.59 Å². The zero-order valence-corrected chi connectivity index (χ0v) is 19.9. The first kappa shape index (κ1) is 25.2. The Kier molecular flexibility index (Phi) is 8.59. The zero-order chi connectivity index (χ0) is 24.7. The quantitative estimate of drug-likeness (QED) is 0.641. The Morgan fingerprint density at radius 2 is 1.85 bits per heavy atom. The van der Waals surface area contributed by atoms with Gasteiger partial charge in [0.1, 0.15) is 11.5 Å². The topological polar surface area (TPSA) is 112 Å². The van der Waals surface area contributed by atoms with Gasteiger partial charge in [0.25, 0.3) is 11.9 Å². The van der Waals surface area contributed by atoms with Crippen molar-refractivity contribution in [2.75, 3.05) is 45.2 Å². The van der Waals surface area contributed by atoms with E-state index in [1.807, 2.05) is 36.2 Å². The highest BCUT2D eigenvalue weighted by molar-refractivity contribution is 5.93. The maximum atomic E-state index is 13.1. The van der Waals surface area contributed by atoms with Crippen molar-refractivity contribution >= 4 is 23.7 Å². The number of rotatable bonds is 5. The number of aliphatic carboxylic acids is 1. The van der Waals surface area contributed by atoms with Crippen LogP contribution >= 0.6 is 0 Å². The van der Waals surface area contributed by atoms with Gasteiger partial charge in [-0.25, -0.2) is 4.98 Å². The molecule has 9 heteroatoms. The zero-order valence-electron chi connectivity index (χ0n) is 19.9. The molecule has 1 aromatic carbocycles. The number of carboxylic acids is 1. The predicted octanol–water partition coefficient (Wildman–Crippen LogP) is 1.93. The summed E-state index contributed by atoms with van der Waals surface area (Å²) in [6, 6.07) is 13.9. The number of nitrogens with one attached hydrogen (secondary N) is 1. The van der Waals surface area contributed by atoms with E-state index in [2.05, 4.69) is 27.3 Å². The minimum absolute atomic E-state index is 0.119. The van der Waals surface area contributed by atoms with Crippen LogP contribution in [0.3, 0.4) is 0 Å². The van der Waals surface area contributed by atoms with Gasteiger partial charge in [0.2, 0.25) is 0 Å². The van der Waals surface area contributed by atoms with Crippen molar-refractivity contribution in [2.45, 2.75) is 31.7 Å². The third-order valence-electron chi connectivity index (χ3n) is 6.09. The number of hydrogen-bond donors (Lipinski definition) is 2. The number of fused-ring (bicyclic) bond motifs is 1. The first-order valence-corrected chi connectivity index (χ1v) is 11.3. The summed E-state index contributed by atoms with van der Waals surface area (Å²) in [5.74, 6) is -0.204. The normalized spacial score (nSPS) is 19.4. The number of benzene rings is 1. The minimum Gasteiger partial charge on any atom is -0.481 e. The molecule has 9 nitrogen and oxygen atoms in total. The molecule has 0 aliphatic carbocycles. The summed E-state index contributed by atoms with van der Waals surface area (Å²) >= 11 is 0. The van der Waals surface area contributed by atoms with Crippen LogP contribution in [0.5, 0.6) is 0 Å². The van der Waals surface area contributed by atoms with Gasteiger partial charge in [0, 0.05) is 39.0 Å². The molecular weight excluding hydrogens is 436 g/mol. The third-order valence-corrected chi connectivity index (χ3v) is 6.09. The SMILES string of the molecule is CC(=O)O.COC(=O)CN1CC[C@@H](c2ccccc2)[C@H](NC(=O)c2ccc3c(n2)N(C)CC3)C1. The van der Waals surface area contributed by atoms with Gasteiger partial charge in [-0.15, -0.1) is 0 Å². The van der Waals surface area contributed by atoms with Crippen molar-refractivity contribution in [1.29, 1.82) is 0 Å². The molecule has 0 radical (unpaired) electrons. The maximum absolute atomic E-state index is 13.1. The molecule has 3 heterocycles. The number of likely N-dealkylation sites (N-methyl/N-ethyl adjacent to an activating group) is 1. The van der Waals surface area contributed by atoms with Gasteiger partial charge in [-0.1, -0.05) is 36.4 Å². The number of piperidine rings is 1. The number of carboxylic acid groups (broad SMARTS) is 1. The van der Waals surface area contributed by atoms with Crippen LogP contribution in [-0.2, 0) is 20.7 Å². The first-order chi connectivity index (χ1) is 16.3. The highest BCUT2D eigenvalue weighted by atomic mass is 16.5. The summed E-state index contributed by atoms with van der Waals surface area (Å²) < 4.78 is 4.82. The van der Waals surface area contributed by atoms with E-state index >= 15 is 0 Å². The van der Waals surface area contributed by atoms with Crippen molar-refractivity contribution < 1.29 is 24.2 Å². The van der Waals surface area contributed by atoms with Gasteiger partial charge in [-0.3, -0.25) is 19.3 Å². The molecule has 0 bridgehead atoms. The number of nitrogens with zero attached hydrogens (tertiary/aromatic N) is 3. The smallest absolute Gasteiger partial charge is 0.319 e. The highest BCUT2D eigenvalue weighted by Gasteiger charge is 2.33. The summed E-state index contributed by atoms with van der Waals surface area (Å²) in [7, 11) is 3.40. The van der Waals surface area contributed by atoms with Gasteiger partial charge in [-0.05, 0) is 36.6 Å². The second kappa shape index (κ2) is 11.6. The van der Waals surface area contributed by atoms with E-state index in [1.54, 1.807) is 6.07 Å². The van der Waals surface area contributed by atoms with Crippen molar-refractivity contribution in [1.82, 2.24) is 15.2 Å². The van der Waals surface area contributed by atoms with Crippen LogP contribution in [0.15, 0.2) is 42.5 Å². The van der Waals surface area contributed by atoms with Crippen LogP contribution in [0.2, 0.25) is 0 Å². The summed E-state index contributed by atoms with van der Waals surface area (Å²) in [6.45, 7) is 3.61. The van der Waals surface area contributed by atoms with Crippen LogP contribution in [0.25, 0.3) is 0 Å². The van der Waals surface area contributed by atoms with Crippen molar-refractivity contribution in [3.63, 3.8) is 0 Å². The Morgan fingerprint density at radius 1 is 1.15 bits per heavy atom. The van der Waals surface area contributed by atoms with Gasteiger partial charge in [0.05, 0.1) is 13.7 Å². The lowest BCUT2D eigenvalue weighted by Gasteiger charge is -2.38. The lowest BCUT2D eigenvalue weighted by atomic mass is 9.85. The molecule has 182 valence electrons. The number of esters is 1. The number of aromatic nitrogens is 1. The average Bonchev–Trinajstić information content (AvgIpc) is 3.19. The van der Waals surface area contributed by atoms with Crippen molar-refractivity contribution in [3.8, 4) is 0 Å². The minimum atomic E-state index is -0.833. The molecular formula is C25H32N4O5. The predicted molar refractivity (Wildman–Crippen MR) is 128 cm³/mol. The number of carbonyl (C=O) groups is 3. The van der Waals surface area contributed by atoms with E-state index in [0.717, 1.165) is 38.7 Å². The van der Waals surface area contributed by atoms with Crippen molar-refractivity contribution in [3.05, 3.63) is 59.3 Å². The number of ether oxygens (including phenoxy) is 1. The highest BCUT2D eigenvalue weighted by Crippen LogP contribution is 2.29. The molecule has 34 heavy (non-hydrogen) atoms. The molecule has 1 aromatic heterocycles. The molecule has 2 aliphatic rings. The summed E-state index contributed by atoms with van der Waals surface area (Å²) in [5, 5.41) is 10.6.